The number of rotatable bonds is 29. The smallest absolute Gasteiger partial charge is 0.295 e. The standard InChI is InChI=1S/C65H91N7O33S3/c1-72(2)29-15-13-28(14-16-29)71-70-27-11-9-26(10-12-27)68-65(106)69-41-33(19-73)95-59(48(86)42(41)80)101-54-34(20-74)96-60(49(87)43(54)81)102-55-35(21-75)97-61(50(88)44(55)82)103-56-36(22-76)98-62(51(89)45(56)83)104-57-37(23-77)99-63(52(90)46(57)84)105-58-38(24-78)100-64(53(91)47(58)85)107-25-40(79)67-18-17-66-32-7-3-6-31-30(32)5-4-8-39(31)108(92,93)94/h3-16,33-38,41-64,66,73-78,80-91H,17-25H2,1-2H3,(H,67,79)(H2,68,69,106)(H,92,93,94)/t33-,34-,35-,36+,37+,38+,41-,42-,43+,44+,45-,46-,47-,48+,49+,50+,51-,52-,53-,54-,55-,56+,57-,58-,59+,60+,61+,62-,63+,64+/m0/s1. The summed E-state index contributed by atoms with van der Waals surface area (Å²) in [6, 6.07) is 21.9. The molecule has 10 rings (SSSR count). The van der Waals surface area contributed by atoms with Gasteiger partial charge in [0, 0.05) is 55.0 Å². The van der Waals surface area contributed by atoms with Crippen LogP contribution in [0.5, 0.6) is 0 Å². The minimum atomic E-state index is -4.52. The van der Waals surface area contributed by atoms with Crippen molar-refractivity contribution in [2.75, 3.05) is 88.1 Å². The molecule has 23 N–H and O–H groups in total. The second-order valence-electron chi connectivity index (χ2n) is 26.2. The van der Waals surface area contributed by atoms with Gasteiger partial charge in [-0.1, -0.05) is 24.3 Å². The fourth-order valence-electron chi connectivity index (χ4n) is 13.0. The van der Waals surface area contributed by atoms with Crippen molar-refractivity contribution in [2.45, 2.75) is 188 Å². The average molecular weight is 1590 g/mol. The molecule has 6 aliphatic heterocycles. The summed E-state index contributed by atoms with van der Waals surface area (Å²) in [7, 11) is -0.686. The summed E-state index contributed by atoms with van der Waals surface area (Å²) in [5.74, 6) is -0.878. The van der Waals surface area contributed by atoms with Gasteiger partial charge in [-0.15, -0.1) is 11.8 Å². The molecule has 0 spiro atoms. The number of thioether (sulfide) groups is 1. The van der Waals surface area contributed by atoms with Crippen LogP contribution in [0.2, 0.25) is 0 Å². The van der Waals surface area contributed by atoms with Crippen molar-refractivity contribution in [1.82, 2.24) is 10.6 Å². The number of carbonyl (C=O) groups excluding carboxylic acids is 1. The van der Waals surface area contributed by atoms with Crippen molar-refractivity contribution >= 4 is 84.3 Å². The zero-order valence-electron chi connectivity index (χ0n) is 57.5. The van der Waals surface area contributed by atoms with E-state index >= 15 is 0 Å². The van der Waals surface area contributed by atoms with Crippen LogP contribution in [0.15, 0.2) is 100 Å². The Morgan fingerprint density at radius 3 is 1.28 bits per heavy atom. The molecule has 0 bridgehead atoms. The van der Waals surface area contributed by atoms with Gasteiger partial charge in [-0.3, -0.25) is 9.35 Å². The van der Waals surface area contributed by atoms with Crippen molar-refractivity contribution < 1.29 is 162 Å². The SMILES string of the molecule is CN(C)c1ccc(N=Nc2ccc(NC(=S)N[C@@H]3[C@H](O)[C@@H](O)[C@@H](O[C@@H]4[C@H](O)[C@@H](O)[C@@H](O[C@@H]5[C@H](O)[C@@H](O)[C@@H](O[C@H]6[C@@H](O)[C@H](O)[C@H](O[C@@H]7[C@@H](O)[C@H](O)[C@@H](O[C@@H]8[C@@H](O)[C@H](O)[C@@H](SCC(=O)NCCNc9cccc%10c(S(=O)(=O)O)cccc9%10)O[C@@H]8CO)O[C@@H]7CO)O[C@@H]6CO)O[C@H]5CO)O[C@H]4CO)O[C@H]3CO)cc2)cc1. The minimum absolute atomic E-state index is 0.0595. The van der Waals surface area contributed by atoms with Crippen molar-refractivity contribution in [3.8, 4) is 0 Å². The Morgan fingerprint density at radius 2 is 0.861 bits per heavy atom. The number of amides is 1. The number of hydrogen-bond acceptors (Lipinski definition) is 38. The molecule has 6 saturated heterocycles. The summed E-state index contributed by atoms with van der Waals surface area (Å²) >= 11 is 6.21. The van der Waals surface area contributed by atoms with Gasteiger partial charge < -0.3 is 170 Å². The van der Waals surface area contributed by atoms with Gasteiger partial charge in [0.25, 0.3) is 10.1 Å². The van der Waals surface area contributed by atoms with E-state index in [4.69, 9.17) is 64.3 Å². The molecule has 0 aliphatic carbocycles. The van der Waals surface area contributed by atoms with Gasteiger partial charge in [0.05, 0.1) is 62.8 Å². The van der Waals surface area contributed by atoms with Crippen LogP contribution >= 0.6 is 24.0 Å². The molecule has 0 saturated carbocycles. The molecule has 30 atom stereocenters. The molecule has 6 fully saturated rings. The lowest BCUT2D eigenvalue weighted by Gasteiger charge is -2.50. The summed E-state index contributed by atoms with van der Waals surface area (Å²) in [4.78, 5) is 14.5. The van der Waals surface area contributed by atoms with Crippen LogP contribution in [0, 0.1) is 0 Å². The van der Waals surface area contributed by atoms with E-state index in [0.29, 0.717) is 28.1 Å². The Hall–Kier alpha value is -5.40. The second kappa shape index (κ2) is 38.0. The number of nitrogens with zero attached hydrogens (tertiary/aromatic N) is 3. The first-order valence-electron chi connectivity index (χ1n) is 34.0. The number of ether oxygens (including phenoxy) is 11. The third kappa shape index (κ3) is 19.6. The molecule has 602 valence electrons. The van der Waals surface area contributed by atoms with E-state index in [9.17, 15) is 110 Å². The predicted octanol–water partition coefficient (Wildman–Crippen LogP) is -7.26. The molecule has 4 aromatic carbocycles. The number of carbonyl (C=O) groups is 1. The van der Waals surface area contributed by atoms with E-state index in [0.717, 1.165) is 17.4 Å². The normalized spacial score (nSPS) is 37.6. The van der Waals surface area contributed by atoms with Gasteiger partial charge in [0.1, 0.15) is 151 Å². The minimum Gasteiger partial charge on any atom is -0.394 e. The number of azo groups is 1. The fourth-order valence-corrected chi connectivity index (χ4v) is 14.9. The van der Waals surface area contributed by atoms with Crippen LogP contribution in [0.1, 0.15) is 0 Å². The highest BCUT2D eigenvalue weighted by Gasteiger charge is 2.58. The average Bonchev–Trinajstić information content (AvgIpc) is 0.796. The van der Waals surface area contributed by atoms with Crippen molar-refractivity contribution in [3.63, 3.8) is 0 Å². The van der Waals surface area contributed by atoms with E-state index < -0.39 is 239 Å². The summed E-state index contributed by atoms with van der Waals surface area (Å²) in [6.07, 6.45) is -53.8. The van der Waals surface area contributed by atoms with Gasteiger partial charge in [0.15, 0.2) is 36.6 Å². The quantitative estimate of drug-likeness (QED) is 0.0104. The maximum Gasteiger partial charge on any atom is 0.295 e. The monoisotopic (exact) mass is 1590 g/mol. The summed E-state index contributed by atoms with van der Waals surface area (Å²) in [6.45, 7) is -5.59. The molecule has 0 unspecified atom stereocenters. The summed E-state index contributed by atoms with van der Waals surface area (Å²) in [5.41, 5.74) is 1.78. The Bertz CT molecular complexity index is 3700. The Kier molecular flexibility index (Phi) is 29.9. The lowest BCUT2D eigenvalue weighted by atomic mass is 9.95. The van der Waals surface area contributed by atoms with Crippen LogP contribution in [-0.4, -0.2) is 372 Å². The van der Waals surface area contributed by atoms with E-state index in [1.54, 1.807) is 42.5 Å². The van der Waals surface area contributed by atoms with Gasteiger partial charge in [-0.2, -0.15) is 18.6 Å². The third-order valence-corrected chi connectivity index (χ3v) is 21.1. The van der Waals surface area contributed by atoms with E-state index in [1.165, 1.54) is 18.2 Å². The summed E-state index contributed by atoms with van der Waals surface area (Å²) < 4.78 is 96.9. The highest BCUT2D eigenvalue weighted by molar-refractivity contribution is 8.00. The Morgan fingerprint density at radius 1 is 0.481 bits per heavy atom. The molecule has 6 heterocycles. The molecule has 40 nitrogen and oxygen atoms in total. The number of aliphatic hydroxyl groups excluding tert-OH is 18. The number of anilines is 3. The number of nitrogens with one attached hydrogen (secondary N) is 4. The highest BCUT2D eigenvalue weighted by Crippen LogP contribution is 2.39. The van der Waals surface area contributed by atoms with Crippen LogP contribution in [-0.2, 0) is 67.0 Å². The molecule has 0 radical (unpaired) electrons. The Balaban J connectivity index is 0.676. The highest BCUT2D eigenvalue weighted by atomic mass is 32.2. The topological polar surface area (TPSA) is 613 Å². The van der Waals surface area contributed by atoms with Gasteiger partial charge in [-0.05, 0) is 72.9 Å². The van der Waals surface area contributed by atoms with Crippen LogP contribution in [0.25, 0.3) is 10.8 Å². The molecule has 1 amide bonds. The summed E-state index contributed by atoms with van der Waals surface area (Å²) in [5, 5.41) is 220. The maximum absolute atomic E-state index is 12.9. The Labute approximate surface area is 625 Å². The number of aliphatic hydroxyl groups is 18. The number of hydrogen-bond donors (Lipinski definition) is 23. The zero-order valence-corrected chi connectivity index (χ0v) is 60.0. The van der Waals surface area contributed by atoms with Gasteiger partial charge in [-0.25, -0.2) is 0 Å². The van der Waals surface area contributed by atoms with Crippen LogP contribution in [0.4, 0.5) is 28.4 Å². The molecular weight excluding hydrogens is 1500 g/mol. The largest absolute Gasteiger partial charge is 0.394 e. The fraction of sp³-hybridized carbons (Fsp3) is 0.631. The zero-order chi connectivity index (χ0) is 78.2. The first-order valence-corrected chi connectivity index (χ1v) is 36.9. The van der Waals surface area contributed by atoms with Crippen LogP contribution in [0.3, 0.4) is 0 Å². The molecule has 0 aromatic heterocycles. The predicted molar refractivity (Wildman–Crippen MR) is 373 cm³/mol. The lowest BCUT2D eigenvalue weighted by Crippen LogP contribution is -2.68. The van der Waals surface area contributed by atoms with Crippen LogP contribution < -0.4 is 26.2 Å². The molecule has 108 heavy (non-hydrogen) atoms. The molecule has 4 aromatic rings. The number of benzene rings is 4. The van der Waals surface area contributed by atoms with Crippen molar-refractivity contribution in [1.29, 1.82) is 0 Å². The number of fused-ring (bicyclic) bond motifs is 1. The lowest BCUT2D eigenvalue weighted by molar-refractivity contribution is -0.394. The van der Waals surface area contributed by atoms with Crippen molar-refractivity contribution in [2.24, 2.45) is 10.2 Å². The van der Waals surface area contributed by atoms with Crippen molar-refractivity contribution in [3.05, 3.63) is 84.9 Å². The number of thiocarbonyl (C=S) groups is 1. The molecule has 43 heteroatoms. The van der Waals surface area contributed by atoms with E-state index in [2.05, 4.69) is 31.5 Å². The third-order valence-electron chi connectivity index (χ3n) is 18.8. The van der Waals surface area contributed by atoms with Gasteiger partial charge >= 0.3 is 0 Å². The van der Waals surface area contributed by atoms with Gasteiger partial charge in [0.2, 0.25) is 5.91 Å². The maximum atomic E-state index is 12.9. The van der Waals surface area contributed by atoms with E-state index in [1.807, 2.05) is 43.3 Å². The molecule has 6 aliphatic rings. The second-order valence-corrected chi connectivity index (χ2v) is 29.1. The first-order chi connectivity index (χ1) is 51.5. The van der Waals surface area contributed by atoms with E-state index in [-0.39, 0.29) is 34.2 Å². The first kappa shape index (κ1) is 85.0. The molecular formula is C65H91N7O33S3.